The largest absolute Gasteiger partial charge is 0.293 e. The molecule has 4 heteroatoms. The number of nitrogens with zero attached hydrogens (tertiary/aromatic N) is 2. The summed E-state index contributed by atoms with van der Waals surface area (Å²) in [6.07, 6.45) is 6.06. The van der Waals surface area contributed by atoms with Crippen LogP contribution in [0, 0.1) is 11.7 Å². The molecule has 2 unspecified atom stereocenters. The number of halogens is 1. The third kappa shape index (κ3) is 2.48. The zero-order valence-electron chi connectivity index (χ0n) is 13.1. The summed E-state index contributed by atoms with van der Waals surface area (Å²) < 4.78 is 14.4. The van der Waals surface area contributed by atoms with Crippen molar-refractivity contribution >= 4 is 27.1 Å². The van der Waals surface area contributed by atoms with E-state index in [0.717, 1.165) is 21.6 Å². The minimum Gasteiger partial charge on any atom is -0.293 e. The average molecular weight is 316 g/mol. The van der Waals surface area contributed by atoms with Crippen LogP contribution in [0.2, 0.25) is 0 Å². The fourth-order valence-electron chi connectivity index (χ4n) is 3.82. The number of benzene rings is 1. The SMILES string of the molecule is CC(C)CN1C2C=C(c3nc4cc(F)ccc4s3)CC1CC2. The van der Waals surface area contributed by atoms with E-state index in [1.54, 1.807) is 17.4 Å². The van der Waals surface area contributed by atoms with Crippen molar-refractivity contribution in [3.8, 4) is 0 Å². The molecule has 0 radical (unpaired) electrons. The van der Waals surface area contributed by atoms with E-state index >= 15 is 0 Å². The molecule has 2 aliphatic rings. The molecule has 2 nitrogen and oxygen atoms in total. The van der Waals surface area contributed by atoms with Gasteiger partial charge in [0.2, 0.25) is 0 Å². The van der Waals surface area contributed by atoms with Gasteiger partial charge < -0.3 is 0 Å². The lowest BCUT2D eigenvalue weighted by Crippen LogP contribution is -2.40. The molecule has 2 aliphatic heterocycles. The lowest BCUT2D eigenvalue weighted by molar-refractivity contribution is 0.189. The highest BCUT2D eigenvalue weighted by molar-refractivity contribution is 7.19. The molecule has 0 aliphatic carbocycles. The molecule has 2 atom stereocenters. The van der Waals surface area contributed by atoms with Crippen LogP contribution in [0.3, 0.4) is 0 Å². The second kappa shape index (κ2) is 5.43. The molecule has 1 fully saturated rings. The van der Waals surface area contributed by atoms with Crippen LogP contribution >= 0.6 is 11.3 Å². The Morgan fingerprint density at radius 3 is 3.00 bits per heavy atom. The molecule has 4 rings (SSSR count). The molecule has 0 saturated carbocycles. The Labute approximate surface area is 134 Å². The summed E-state index contributed by atoms with van der Waals surface area (Å²) in [4.78, 5) is 7.34. The van der Waals surface area contributed by atoms with E-state index in [2.05, 4.69) is 29.8 Å². The summed E-state index contributed by atoms with van der Waals surface area (Å²) in [5, 5.41) is 1.08. The summed E-state index contributed by atoms with van der Waals surface area (Å²) in [5.41, 5.74) is 2.16. The minimum atomic E-state index is -0.204. The van der Waals surface area contributed by atoms with Gasteiger partial charge in [0, 0.05) is 24.7 Å². The van der Waals surface area contributed by atoms with Gasteiger partial charge in [0.1, 0.15) is 10.8 Å². The molecule has 1 aromatic carbocycles. The normalized spacial score (nSPS) is 25.2. The van der Waals surface area contributed by atoms with Crippen molar-refractivity contribution < 1.29 is 4.39 Å². The van der Waals surface area contributed by atoms with Crippen molar-refractivity contribution in [3.63, 3.8) is 0 Å². The van der Waals surface area contributed by atoms with Crippen molar-refractivity contribution in [1.82, 2.24) is 9.88 Å². The summed E-state index contributed by atoms with van der Waals surface area (Å²) in [7, 11) is 0. The molecule has 1 aromatic heterocycles. The highest BCUT2D eigenvalue weighted by atomic mass is 32.1. The van der Waals surface area contributed by atoms with E-state index in [0.29, 0.717) is 18.0 Å². The Morgan fingerprint density at radius 1 is 1.36 bits per heavy atom. The van der Waals surface area contributed by atoms with Crippen LogP contribution in [-0.2, 0) is 0 Å². The predicted octanol–water partition coefficient (Wildman–Crippen LogP) is 4.71. The van der Waals surface area contributed by atoms with E-state index in [1.807, 2.05) is 6.07 Å². The molecule has 116 valence electrons. The third-order valence-corrected chi connectivity index (χ3v) is 5.85. The summed E-state index contributed by atoms with van der Waals surface area (Å²) in [5.74, 6) is 0.508. The number of aromatic nitrogens is 1. The highest BCUT2D eigenvalue weighted by Crippen LogP contribution is 2.40. The zero-order valence-corrected chi connectivity index (χ0v) is 13.9. The Kier molecular flexibility index (Phi) is 3.54. The van der Waals surface area contributed by atoms with Crippen LogP contribution in [0.4, 0.5) is 4.39 Å². The second-order valence-corrected chi connectivity index (χ2v) is 7.95. The minimum absolute atomic E-state index is 0.204. The maximum absolute atomic E-state index is 13.3. The summed E-state index contributed by atoms with van der Waals surface area (Å²) in [6, 6.07) is 6.14. The van der Waals surface area contributed by atoms with Crippen molar-refractivity contribution in [2.24, 2.45) is 5.92 Å². The van der Waals surface area contributed by atoms with Crippen LogP contribution in [0.25, 0.3) is 15.8 Å². The molecule has 0 spiro atoms. The maximum Gasteiger partial charge on any atom is 0.125 e. The molecule has 2 bridgehead atoms. The van der Waals surface area contributed by atoms with Crippen molar-refractivity contribution in [1.29, 1.82) is 0 Å². The Morgan fingerprint density at radius 2 is 2.23 bits per heavy atom. The van der Waals surface area contributed by atoms with Crippen molar-refractivity contribution in [2.45, 2.75) is 45.2 Å². The van der Waals surface area contributed by atoms with Gasteiger partial charge in [-0.1, -0.05) is 19.9 Å². The quantitative estimate of drug-likeness (QED) is 0.815. The van der Waals surface area contributed by atoms with Gasteiger partial charge in [0.25, 0.3) is 0 Å². The van der Waals surface area contributed by atoms with Crippen LogP contribution in [0.15, 0.2) is 24.3 Å². The molecular weight excluding hydrogens is 295 g/mol. The van der Waals surface area contributed by atoms with E-state index in [-0.39, 0.29) is 5.82 Å². The summed E-state index contributed by atoms with van der Waals surface area (Å²) in [6.45, 7) is 5.77. The average Bonchev–Trinajstić information content (AvgIpc) is 2.96. The van der Waals surface area contributed by atoms with Crippen LogP contribution in [0.1, 0.15) is 38.1 Å². The second-order valence-electron chi connectivity index (χ2n) is 6.92. The Hall–Kier alpha value is -1.26. The van der Waals surface area contributed by atoms with Gasteiger partial charge in [0.15, 0.2) is 0 Å². The van der Waals surface area contributed by atoms with E-state index in [9.17, 15) is 4.39 Å². The van der Waals surface area contributed by atoms with Crippen LogP contribution in [-0.4, -0.2) is 28.5 Å². The topological polar surface area (TPSA) is 16.1 Å². The fourth-order valence-corrected chi connectivity index (χ4v) is 4.80. The Balaban J connectivity index is 1.65. The number of hydrogen-bond acceptors (Lipinski definition) is 3. The van der Waals surface area contributed by atoms with Gasteiger partial charge in [-0.05, 0) is 42.9 Å². The molecule has 1 saturated heterocycles. The first-order valence-electron chi connectivity index (χ1n) is 8.13. The van der Waals surface area contributed by atoms with Crippen LogP contribution in [0.5, 0.6) is 0 Å². The standard InChI is InChI=1S/C18H21FN2S/c1-11(2)10-21-14-4-5-15(21)8-12(7-14)18-20-16-9-13(19)3-6-17(16)22-18/h3,6-7,9,11,14-15H,4-5,8,10H2,1-2H3. The van der Waals surface area contributed by atoms with Gasteiger partial charge in [-0.15, -0.1) is 11.3 Å². The molecular formula is C18H21FN2S. The van der Waals surface area contributed by atoms with E-state index in [4.69, 9.17) is 0 Å². The Bertz CT molecular complexity index is 734. The van der Waals surface area contributed by atoms with E-state index in [1.165, 1.54) is 31.0 Å². The van der Waals surface area contributed by atoms with Crippen LogP contribution < -0.4 is 0 Å². The predicted molar refractivity (Wildman–Crippen MR) is 90.5 cm³/mol. The number of rotatable bonds is 3. The van der Waals surface area contributed by atoms with Crippen molar-refractivity contribution in [2.75, 3.05) is 6.54 Å². The van der Waals surface area contributed by atoms with Gasteiger partial charge in [-0.25, -0.2) is 9.37 Å². The van der Waals surface area contributed by atoms with Gasteiger partial charge in [-0.3, -0.25) is 4.90 Å². The number of thiazole rings is 1. The van der Waals surface area contributed by atoms with Crippen molar-refractivity contribution in [3.05, 3.63) is 35.1 Å². The highest BCUT2D eigenvalue weighted by Gasteiger charge is 2.37. The third-order valence-electron chi connectivity index (χ3n) is 4.74. The number of hydrogen-bond donors (Lipinski definition) is 0. The molecule has 0 N–H and O–H groups in total. The van der Waals surface area contributed by atoms with Gasteiger partial charge in [0.05, 0.1) is 10.2 Å². The molecule has 2 aromatic rings. The molecule has 3 heterocycles. The fraction of sp³-hybridized carbons (Fsp3) is 0.500. The first-order valence-corrected chi connectivity index (χ1v) is 8.94. The lowest BCUT2D eigenvalue weighted by Gasteiger charge is -2.34. The summed E-state index contributed by atoms with van der Waals surface area (Å²) >= 11 is 1.69. The smallest absolute Gasteiger partial charge is 0.125 e. The first-order chi connectivity index (χ1) is 10.6. The van der Waals surface area contributed by atoms with E-state index < -0.39 is 0 Å². The molecule has 22 heavy (non-hydrogen) atoms. The number of fused-ring (bicyclic) bond motifs is 3. The van der Waals surface area contributed by atoms with Gasteiger partial charge in [-0.2, -0.15) is 0 Å². The first kappa shape index (κ1) is 14.3. The van der Waals surface area contributed by atoms with Gasteiger partial charge >= 0.3 is 0 Å². The monoisotopic (exact) mass is 316 g/mol. The lowest BCUT2D eigenvalue weighted by atomic mass is 10.0. The zero-order chi connectivity index (χ0) is 15.3. The maximum atomic E-state index is 13.3. The molecule has 0 amide bonds.